The molecule has 0 heterocycles. The number of benzene rings is 1. The summed E-state index contributed by atoms with van der Waals surface area (Å²) in [6.07, 6.45) is 1.91. The highest BCUT2D eigenvalue weighted by molar-refractivity contribution is 5.90. The molecule has 0 aliphatic rings. The number of carbonyl (C=O) groups excluding carboxylic acids is 1. The van der Waals surface area contributed by atoms with Crippen LogP contribution in [0.1, 0.15) is 30.1 Å². The zero-order valence-corrected chi connectivity index (χ0v) is 10.5. The molecule has 0 saturated heterocycles. The lowest BCUT2D eigenvalue weighted by atomic mass is 10.1. The van der Waals surface area contributed by atoms with Gasteiger partial charge < -0.3 is 19.5 Å². The van der Waals surface area contributed by atoms with Crippen LogP contribution in [0.5, 0.6) is 5.75 Å². The highest BCUT2D eigenvalue weighted by Gasteiger charge is 2.07. The number of carboxylic acid groups (broad SMARTS) is 1. The fraction of sp³-hybridized carbons (Fsp3) is 0.462. The molecule has 17 heavy (non-hydrogen) atoms. The average molecular weight is 236 g/mol. The van der Waals surface area contributed by atoms with Crippen LogP contribution in [0.15, 0.2) is 18.2 Å². The molecule has 0 fully saturated rings. The van der Waals surface area contributed by atoms with Crippen LogP contribution in [0, 0.1) is 0 Å². The van der Waals surface area contributed by atoms with E-state index in [9.17, 15) is 9.90 Å². The Balaban J connectivity index is 2.94. The first kappa shape index (κ1) is 13.4. The van der Waals surface area contributed by atoms with Crippen molar-refractivity contribution in [1.82, 2.24) is 0 Å². The lowest BCUT2D eigenvalue weighted by molar-refractivity contribution is -0.255. The first-order chi connectivity index (χ1) is 8.06. The molecular weight excluding hydrogens is 218 g/mol. The second-order valence-corrected chi connectivity index (χ2v) is 4.06. The van der Waals surface area contributed by atoms with Crippen LogP contribution >= 0.6 is 0 Å². The Hall–Kier alpha value is -1.71. The minimum Gasteiger partial charge on any atom is -0.545 e. The standard InChI is InChI=1S/C13H19NO3/c1-4-5-8-17-12-9-10(14(2)3)6-7-11(12)13(15)16/h6-7,9H,4-5,8H2,1-3H3,(H,15,16)/p-1. The van der Waals surface area contributed by atoms with E-state index in [-0.39, 0.29) is 5.56 Å². The number of ether oxygens (including phenoxy) is 1. The Morgan fingerprint density at radius 2 is 2.12 bits per heavy atom. The van der Waals surface area contributed by atoms with Gasteiger partial charge in [0.25, 0.3) is 0 Å². The molecule has 0 unspecified atom stereocenters. The zero-order valence-electron chi connectivity index (χ0n) is 10.5. The van der Waals surface area contributed by atoms with Crippen molar-refractivity contribution in [3.63, 3.8) is 0 Å². The Kier molecular flexibility index (Phi) is 4.82. The molecule has 94 valence electrons. The summed E-state index contributed by atoms with van der Waals surface area (Å²) in [4.78, 5) is 12.8. The van der Waals surface area contributed by atoms with Crippen molar-refractivity contribution in [2.24, 2.45) is 0 Å². The van der Waals surface area contributed by atoms with E-state index in [1.165, 1.54) is 6.07 Å². The van der Waals surface area contributed by atoms with E-state index in [1.807, 2.05) is 19.0 Å². The molecule has 0 aliphatic heterocycles. The van der Waals surface area contributed by atoms with Crippen LogP contribution in [-0.2, 0) is 0 Å². The van der Waals surface area contributed by atoms with Crippen molar-refractivity contribution in [3.05, 3.63) is 23.8 Å². The summed E-state index contributed by atoms with van der Waals surface area (Å²) in [5.41, 5.74) is 1.01. The molecule has 0 spiro atoms. The predicted octanol–water partition coefficient (Wildman–Crippen LogP) is 1.29. The normalized spacial score (nSPS) is 10.1. The van der Waals surface area contributed by atoms with Crippen LogP contribution in [0.25, 0.3) is 0 Å². The monoisotopic (exact) mass is 236 g/mol. The summed E-state index contributed by atoms with van der Waals surface area (Å²) < 4.78 is 5.48. The number of carboxylic acids is 1. The summed E-state index contributed by atoms with van der Waals surface area (Å²) >= 11 is 0. The first-order valence-corrected chi connectivity index (χ1v) is 5.71. The topological polar surface area (TPSA) is 52.6 Å². The second-order valence-electron chi connectivity index (χ2n) is 4.06. The van der Waals surface area contributed by atoms with Gasteiger partial charge in [-0.25, -0.2) is 0 Å². The van der Waals surface area contributed by atoms with Crippen LogP contribution in [0.4, 0.5) is 5.69 Å². The quantitative estimate of drug-likeness (QED) is 0.698. The van der Waals surface area contributed by atoms with Crippen molar-refractivity contribution in [2.75, 3.05) is 25.6 Å². The Labute approximate surface area is 102 Å². The number of anilines is 1. The van der Waals surface area contributed by atoms with Crippen molar-refractivity contribution >= 4 is 11.7 Å². The number of nitrogens with zero attached hydrogens (tertiary/aromatic N) is 1. The van der Waals surface area contributed by atoms with Gasteiger partial charge >= 0.3 is 0 Å². The minimum atomic E-state index is -1.21. The van der Waals surface area contributed by atoms with Gasteiger partial charge in [0.2, 0.25) is 0 Å². The SMILES string of the molecule is CCCCOc1cc(N(C)C)ccc1C(=O)[O-]. The number of hydrogen-bond donors (Lipinski definition) is 0. The average Bonchev–Trinajstić information content (AvgIpc) is 2.28. The van der Waals surface area contributed by atoms with Gasteiger partial charge in [-0.2, -0.15) is 0 Å². The molecule has 0 aromatic heterocycles. The minimum absolute atomic E-state index is 0.103. The van der Waals surface area contributed by atoms with Crippen molar-refractivity contribution in [1.29, 1.82) is 0 Å². The maximum atomic E-state index is 10.9. The molecule has 4 heteroatoms. The van der Waals surface area contributed by atoms with E-state index in [4.69, 9.17) is 4.74 Å². The third kappa shape index (κ3) is 3.66. The van der Waals surface area contributed by atoms with E-state index in [1.54, 1.807) is 12.1 Å². The predicted molar refractivity (Wildman–Crippen MR) is 65.5 cm³/mol. The summed E-state index contributed by atoms with van der Waals surface area (Å²) in [6.45, 7) is 2.58. The molecule has 0 N–H and O–H groups in total. The Morgan fingerprint density at radius 3 is 2.65 bits per heavy atom. The number of aromatic carboxylic acids is 1. The molecule has 0 atom stereocenters. The van der Waals surface area contributed by atoms with Crippen LogP contribution < -0.4 is 14.7 Å². The number of carbonyl (C=O) groups is 1. The van der Waals surface area contributed by atoms with Gasteiger partial charge in [-0.05, 0) is 18.6 Å². The van der Waals surface area contributed by atoms with Gasteiger partial charge in [0.15, 0.2) is 0 Å². The highest BCUT2D eigenvalue weighted by atomic mass is 16.5. The molecule has 1 rings (SSSR count). The third-order valence-electron chi connectivity index (χ3n) is 2.46. The molecule has 0 amide bonds. The lowest BCUT2D eigenvalue weighted by Crippen LogP contribution is -2.23. The van der Waals surface area contributed by atoms with E-state index >= 15 is 0 Å². The van der Waals surface area contributed by atoms with Crippen LogP contribution in [-0.4, -0.2) is 26.7 Å². The molecule has 0 radical (unpaired) electrons. The maximum Gasteiger partial charge on any atom is 0.130 e. The third-order valence-corrected chi connectivity index (χ3v) is 2.46. The van der Waals surface area contributed by atoms with Gasteiger partial charge in [-0.15, -0.1) is 0 Å². The molecule has 0 saturated carbocycles. The summed E-state index contributed by atoms with van der Waals surface area (Å²) in [5, 5.41) is 10.9. The largest absolute Gasteiger partial charge is 0.545 e. The van der Waals surface area contributed by atoms with Gasteiger partial charge in [0.1, 0.15) is 5.75 Å². The molecule has 0 aliphatic carbocycles. The highest BCUT2D eigenvalue weighted by Crippen LogP contribution is 2.24. The van der Waals surface area contributed by atoms with E-state index in [0.29, 0.717) is 12.4 Å². The van der Waals surface area contributed by atoms with Gasteiger partial charge in [-0.1, -0.05) is 13.3 Å². The summed E-state index contributed by atoms with van der Waals surface area (Å²) in [7, 11) is 3.79. The lowest BCUT2D eigenvalue weighted by Gasteiger charge is -2.17. The fourth-order valence-corrected chi connectivity index (χ4v) is 1.40. The molecule has 1 aromatic carbocycles. The van der Waals surface area contributed by atoms with Crippen molar-refractivity contribution in [3.8, 4) is 5.75 Å². The van der Waals surface area contributed by atoms with Crippen molar-refractivity contribution in [2.45, 2.75) is 19.8 Å². The van der Waals surface area contributed by atoms with E-state index in [0.717, 1.165) is 18.5 Å². The van der Waals surface area contributed by atoms with Gasteiger partial charge in [-0.3, -0.25) is 0 Å². The molecule has 0 bridgehead atoms. The summed E-state index contributed by atoms with van der Waals surface area (Å²) in [6, 6.07) is 4.98. The van der Waals surface area contributed by atoms with Crippen LogP contribution in [0.2, 0.25) is 0 Å². The van der Waals surface area contributed by atoms with Gasteiger partial charge in [0, 0.05) is 31.4 Å². The van der Waals surface area contributed by atoms with E-state index < -0.39 is 5.97 Å². The number of hydrogen-bond acceptors (Lipinski definition) is 4. The Morgan fingerprint density at radius 1 is 1.41 bits per heavy atom. The number of rotatable bonds is 6. The first-order valence-electron chi connectivity index (χ1n) is 5.71. The Bertz CT molecular complexity index is 388. The van der Waals surface area contributed by atoms with E-state index in [2.05, 4.69) is 6.92 Å². The van der Waals surface area contributed by atoms with Gasteiger partial charge in [0.05, 0.1) is 12.6 Å². The molecular formula is C13H18NO3-. The van der Waals surface area contributed by atoms with Crippen molar-refractivity contribution < 1.29 is 14.6 Å². The molecule has 1 aromatic rings. The second kappa shape index (κ2) is 6.13. The molecule has 4 nitrogen and oxygen atoms in total. The zero-order chi connectivity index (χ0) is 12.8. The fourth-order valence-electron chi connectivity index (χ4n) is 1.40. The number of unbranched alkanes of at least 4 members (excludes halogenated alkanes) is 1. The summed E-state index contributed by atoms with van der Waals surface area (Å²) in [5.74, 6) is -0.827. The maximum absolute atomic E-state index is 10.9. The smallest absolute Gasteiger partial charge is 0.130 e. The van der Waals surface area contributed by atoms with Crippen LogP contribution in [0.3, 0.4) is 0 Å².